The molecule has 0 unspecified atom stereocenters. The van der Waals surface area contributed by atoms with E-state index in [0.717, 1.165) is 20.8 Å². The molecule has 6 heteroatoms. The molecule has 5 aromatic rings. The highest BCUT2D eigenvalue weighted by Crippen LogP contribution is 2.25. The summed E-state index contributed by atoms with van der Waals surface area (Å²) in [6.07, 6.45) is 0. The second-order valence-corrected chi connectivity index (χ2v) is 8.86. The second-order valence-electron chi connectivity index (χ2n) is 7.51. The fourth-order valence-corrected chi connectivity index (χ4v) is 4.06. The van der Waals surface area contributed by atoms with E-state index < -0.39 is 5.97 Å². The third-order valence-electron chi connectivity index (χ3n) is 5.12. The van der Waals surface area contributed by atoms with E-state index >= 15 is 0 Å². The molecule has 0 saturated carbocycles. The monoisotopic (exact) mass is 529 g/mol. The summed E-state index contributed by atoms with van der Waals surface area (Å²) in [4.78, 5) is 17.2. The molecule has 0 saturated heterocycles. The van der Waals surface area contributed by atoms with Gasteiger partial charge in [0.05, 0.1) is 16.6 Å². The predicted octanol–water partition coefficient (Wildman–Crippen LogP) is 7.97. The first kappa shape index (κ1) is 22.1. The summed E-state index contributed by atoms with van der Waals surface area (Å²) < 4.78 is 12.4. The summed E-state index contributed by atoms with van der Waals surface area (Å²) in [6.45, 7) is 0. The van der Waals surface area contributed by atoms with Crippen LogP contribution in [-0.4, -0.2) is 5.97 Å². The number of rotatable bonds is 4. The average molecular weight is 531 g/mol. The van der Waals surface area contributed by atoms with Crippen LogP contribution in [0.4, 0.5) is 5.69 Å². The van der Waals surface area contributed by atoms with E-state index in [2.05, 4.69) is 15.9 Å². The lowest BCUT2D eigenvalue weighted by Crippen LogP contribution is -2.08. The SMILES string of the molecule is O=C(Oc1ccc(N=c2cc(-c3ccccc3)oc3ccc(Cl)cc23)cc1)c1cccc(Br)c1. The lowest BCUT2D eigenvalue weighted by Gasteiger charge is -2.06. The first-order valence-corrected chi connectivity index (χ1v) is 11.6. The Kier molecular flexibility index (Phi) is 6.30. The fraction of sp³-hybridized carbons (Fsp3) is 0. The van der Waals surface area contributed by atoms with E-state index in [4.69, 9.17) is 25.7 Å². The van der Waals surface area contributed by atoms with Gasteiger partial charge in [-0.1, -0.05) is 63.9 Å². The van der Waals surface area contributed by atoms with Crippen molar-refractivity contribution in [1.29, 1.82) is 0 Å². The molecule has 5 rings (SSSR count). The molecular formula is C28H17BrClNO3. The number of halogens is 2. The molecule has 0 bridgehead atoms. The van der Waals surface area contributed by atoms with E-state index in [1.54, 1.807) is 48.5 Å². The van der Waals surface area contributed by atoms with Gasteiger partial charge in [0.2, 0.25) is 0 Å². The number of hydrogen-bond acceptors (Lipinski definition) is 4. The summed E-state index contributed by atoms with van der Waals surface area (Å²) in [7, 11) is 0. The molecule has 166 valence electrons. The molecule has 0 aliphatic carbocycles. The number of hydrogen-bond donors (Lipinski definition) is 0. The largest absolute Gasteiger partial charge is 0.456 e. The van der Waals surface area contributed by atoms with Crippen molar-refractivity contribution in [2.45, 2.75) is 0 Å². The first-order chi connectivity index (χ1) is 16.5. The fourth-order valence-electron chi connectivity index (χ4n) is 3.49. The van der Waals surface area contributed by atoms with Crippen LogP contribution in [0.15, 0.2) is 117 Å². The van der Waals surface area contributed by atoms with E-state index in [1.807, 2.05) is 54.6 Å². The number of nitrogens with zero attached hydrogens (tertiary/aromatic N) is 1. The maximum atomic E-state index is 12.4. The Morgan fingerprint density at radius 3 is 2.41 bits per heavy atom. The van der Waals surface area contributed by atoms with Crippen LogP contribution in [0, 0.1) is 0 Å². The van der Waals surface area contributed by atoms with Crippen molar-refractivity contribution in [2.24, 2.45) is 4.99 Å². The number of carbonyl (C=O) groups is 1. The Morgan fingerprint density at radius 2 is 1.65 bits per heavy atom. The Hall–Kier alpha value is -3.67. The zero-order valence-corrected chi connectivity index (χ0v) is 20.1. The van der Waals surface area contributed by atoms with Crippen molar-refractivity contribution in [3.8, 4) is 17.1 Å². The van der Waals surface area contributed by atoms with Gasteiger partial charge in [-0.15, -0.1) is 0 Å². The molecule has 4 aromatic carbocycles. The quantitative estimate of drug-likeness (QED) is 0.175. The number of ether oxygens (including phenoxy) is 1. The molecule has 4 nitrogen and oxygen atoms in total. The number of fused-ring (bicyclic) bond motifs is 1. The molecular weight excluding hydrogens is 514 g/mol. The van der Waals surface area contributed by atoms with E-state index in [1.165, 1.54) is 0 Å². The Bertz CT molecular complexity index is 1560. The van der Waals surface area contributed by atoms with Crippen LogP contribution in [0.3, 0.4) is 0 Å². The van der Waals surface area contributed by atoms with Gasteiger partial charge in [-0.05, 0) is 60.7 Å². The van der Waals surface area contributed by atoms with Gasteiger partial charge in [0, 0.05) is 26.5 Å². The van der Waals surface area contributed by atoms with Crippen LogP contribution in [0.25, 0.3) is 22.3 Å². The number of esters is 1. The van der Waals surface area contributed by atoms with E-state index in [-0.39, 0.29) is 0 Å². The number of carbonyl (C=O) groups excluding carboxylic acids is 1. The molecule has 0 N–H and O–H groups in total. The van der Waals surface area contributed by atoms with Crippen LogP contribution in [0.5, 0.6) is 5.75 Å². The van der Waals surface area contributed by atoms with Gasteiger partial charge >= 0.3 is 5.97 Å². The third kappa shape index (κ3) is 4.96. The number of benzene rings is 4. The summed E-state index contributed by atoms with van der Waals surface area (Å²) in [5.74, 6) is 0.711. The molecule has 0 aliphatic rings. The van der Waals surface area contributed by atoms with Crippen molar-refractivity contribution < 1.29 is 13.9 Å². The smallest absolute Gasteiger partial charge is 0.343 e. The van der Waals surface area contributed by atoms with E-state index in [9.17, 15) is 4.79 Å². The van der Waals surface area contributed by atoms with Crippen LogP contribution in [0.2, 0.25) is 5.02 Å². The molecule has 0 spiro atoms. The van der Waals surface area contributed by atoms with Crippen LogP contribution in [-0.2, 0) is 0 Å². The van der Waals surface area contributed by atoms with Gasteiger partial charge in [-0.2, -0.15) is 0 Å². The molecule has 1 aromatic heterocycles. The minimum atomic E-state index is -0.427. The van der Waals surface area contributed by atoms with Gasteiger partial charge in [0.25, 0.3) is 0 Å². The third-order valence-corrected chi connectivity index (χ3v) is 5.85. The minimum Gasteiger partial charge on any atom is -0.456 e. The Balaban J connectivity index is 1.50. The molecule has 0 aliphatic heterocycles. The van der Waals surface area contributed by atoms with Crippen molar-refractivity contribution >= 4 is 50.2 Å². The standard InChI is InChI=1S/C28H17BrClNO3/c29-20-8-4-7-19(15-20)28(32)33-23-12-10-22(11-13-23)31-25-17-27(18-5-2-1-3-6-18)34-26-14-9-21(30)16-24(25)26/h1-17H. The van der Waals surface area contributed by atoms with Gasteiger partial charge in [-0.3, -0.25) is 0 Å². The van der Waals surface area contributed by atoms with Crippen LogP contribution >= 0.6 is 27.5 Å². The molecule has 0 radical (unpaired) electrons. The van der Waals surface area contributed by atoms with Gasteiger partial charge in [0.1, 0.15) is 17.1 Å². The second kappa shape index (κ2) is 9.67. The van der Waals surface area contributed by atoms with Gasteiger partial charge in [0.15, 0.2) is 0 Å². The Morgan fingerprint density at radius 1 is 0.853 bits per heavy atom. The van der Waals surface area contributed by atoms with Crippen molar-refractivity contribution in [2.75, 3.05) is 0 Å². The predicted molar refractivity (Wildman–Crippen MR) is 137 cm³/mol. The topological polar surface area (TPSA) is 51.8 Å². The maximum Gasteiger partial charge on any atom is 0.343 e. The minimum absolute atomic E-state index is 0.427. The average Bonchev–Trinajstić information content (AvgIpc) is 2.86. The van der Waals surface area contributed by atoms with Crippen molar-refractivity contribution in [3.05, 3.63) is 124 Å². The lowest BCUT2D eigenvalue weighted by atomic mass is 10.1. The highest BCUT2D eigenvalue weighted by molar-refractivity contribution is 9.10. The molecule has 0 atom stereocenters. The maximum absolute atomic E-state index is 12.4. The van der Waals surface area contributed by atoms with E-state index in [0.29, 0.717) is 33.4 Å². The van der Waals surface area contributed by atoms with Gasteiger partial charge in [-0.25, -0.2) is 9.79 Å². The Labute approximate surface area is 209 Å². The first-order valence-electron chi connectivity index (χ1n) is 10.5. The summed E-state index contributed by atoms with van der Waals surface area (Å²) in [5.41, 5.74) is 2.80. The van der Waals surface area contributed by atoms with Crippen molar-refractivity contribution in [3.63, 3.8) is 0 Å². The lowest BCUT2D eigenvalue weighted by molar-refractivity contribution is 0.0734. The van der Waals surface area contributed by atoms with Crippen LogP contribution < -0.4 is 10.1 Å². The summed E-state index contributed by atoms with van der Waals surface area (Å²) >= 11 is 9.61. The molecule has 1 heterocycles. The highest BCUT2D eigenvalue weighted by atomic mass is 79.9. The van der Waals surface area contributed by atoms with Crippen LogP contribution in [0.1, 0.15) is 10.4 Å². The molecule has 0 fully saturated rings. The summed E-state index contributed by atoms with van der Waals surface area (Å²) in [6, 6.07) is 31.3. The summed E-state index contributed by atoms with van der Waals surface area (Å²) in [5, 5.41) is 2.13. The van der Waals surface area contributed by atoms with Crippen molar-refractivity contribution in [1.82, 2.24) is 0 Å². The van der Waals surface area contributed by atoms with Gasteiger partial charge < -0.3 is 9.15 Å². The molecule has 34 heavy (non-hydrogen) atoms. The zero-order valence-electron chi connectivity index (χ0n) is 17.7. The zero-order chi connectivity index (χ0) is 23.5. The highest BCUT2D eigenvalue weighted by Gasteiger charge is 2.10. The normalized spacial score (nSPS) is 11.5. The molecule has 0 amide bonds.